The summed E-state index contributed by atoms with van der Waals surface area (Å²) in [6.07, 6.45) is 0. The highest BCUT2D eigenvalue weighted by Gasteiger charge is 2.12. The van der Waals surface area contributed by atoms with Gasteiger partial charge >= 0.3 is 0 Å². The molecule has 136 valence electrons. The molecule has 2 aromatic rings. The fourth-order valence-corrected chi connectivity index (χ4v) is 2.88. The number of rotatable bonds is 7. The average molecular weight is 386 g/mol. The molecular weight excluding hydrogens is 368 g/mol. The lowest BCUT2D eigenvalue weighted by Crippen LogP contribution is -2.24. The van der Waals surface area contributed by atoms with Crippen LogP contribution in [-0.4, -0.2) is 61.7 Å². The lowest BCUT2D eigenvalue weighted by molar-refractivity contribution is 0.476. The third-order valence-corrected chi connectivity index (χ3v) is 4.75. The molecule has 10 nitrogen and oxygen atoms in total. The van der Waals surface area contributed by atoms with Gasteiger partial charge in [0.1, 0.15) is 11.4 Å². The van der Waals surface area contributed by atoms with Crippen molar-refractivity contribution in [3.05, 3.63) is 18.2 Å². The summed E-state index contributed by atoms with van der Waals surface area (Å²) in [5.74, 6) is -0.420. The van der Waals surface area contributed by atoms with Gasteiger partial charge in [0.2, 0.25) is 5.13 Å². The quantitative estimate of drug-likeness (QED) is 0.546. The predicted octanol–water partition coefficient (Wildman–Crippen LogP) is 2.05. The number of phenols is 1. The maximum Gasteiger partial charge on any atom is 0.266 e. The molecular formula is C13H18N6O4S2. The molecule has 1 aromatic heterocycles. The highest BCUT2D eigenvalue weighted by Crippen LogP contribution is 2.33. The van der Waals surface area contributed by atoms with Crippen LogP contribution in [0.2, 0.25) is 0 Å². The Morgan fingerprint density at radius 1 is 1.20 bits per heavy atom. The van der Waals surface area contributed by atoms with E-state index in [1.165, 1.54) is 4.90 Å². The van der Waals surface area contributed by atoms with E-state index in [1.807, 2.05) is 19.0 Å². The van der Waals surface area contributed by atoms with Gasteiger partial charge in [0.25, 0.3) is 15.2 Å². The van der Waals surface area contributed by atoms with Gasteiger partial charge in [-0.05, 0) is 12.1 Å². The number of hydrogen-bond donors (Lipinski definition) is 2. The summed E-state index contributed by atoms with van der Waals surface area (Å²) in [7, 11) is 1.30. The zero-order valence-corrected chi connectivity index (χ0v) is 15.5. The van der Waals surface area contributed by atoms with E-state index in [2.05, 4.69) is 20.4 Å². The van der Waals surface area contributed by atoms with Gasteiger partial charge in [-0.25, -0.2) is 0 Å². The fraction of sp³-hybridized carbons (Fsp3) is 0.385. The summed E-state index contributed by atoms with van der Waals surface area (Å²) in [5, 5.41) is 26.2. The first-order valence-electron chi connectivity index (χ1n) is 7.07. The largest absolute Gasteiger partial charge is 0.506 e. The second-order valence-electron chi connectivity index (χ2n) is 5.34. The monoisotopic (exact) mass is 386 g/mol. The molecule has 0 bridgehead atoms. The summed E-state index contributed by atoms with van der Waals surface area (Å²) < 4.78 is 30.3. The van der Waals surface area contributed by atoms with E-state index in [9.17, 15) is 13.5 Å². The van der Waals surface area contributed by atoms with Crippen molar-refractivity contribution in [2.24, 2.45) is 10.2 Å². The molecule has 0 aliphatic carbocycles. The van der Waals surface area contributed by atoms with E-state index in [-0.39, 0.29) is 17.4 Å². The van der Waals surface area contributed by atoms with Crippen molar-refractivity contribution in [3.8, 4) is 5.75 Å². The summed E-state index contributed by atoms with van der Waals surface area (Å²) in [4.78, 5) is 3.38. The lowest BCUT2D eigenvalue weighted by Gasteiger charge is -2.12. The van der Waals surface area contributed by atoms with E-state index in [1.54, 1.807) is 25.2 Å². The molecule has 2 rings (SSSR count). The second-order valence-corrected chi connectivity index (χ2v) is 7.85. The minimum Gasteiger partial charge on any atom is -0.506 e. The van der Waals surface area contributed by atoms with E-state index in [0.29, 0.717) is 10.8 Å². The van der Waals surface area contributed by atoms with Crippen LogP contribution in [0.4, 0.5) is 21.6 Å². The molecule has 12 heteroatoms. The number of phenolic OH excluding ortho intramolecular Hbond substituents is 1. The summed E-state index contributed by atoms with van der Waals surface area (Å²) in [6.45, 7) is 0.0669. The number of hydrogen-bond acceptors (Lipinski definition) is 10. The van der Waals surface area contributed by atoms with Crippen LogP contribution in [0.5, 0.6) is 5.75 Å². The van der Waals surface area contributed by atoms with Gasteiger partial charge in [-0.2, -0.15) is 8.42 Å². The number of anilines is 2. The molecule has 0 aliphatic heterocycles. The van der Waals surface area contributed by atoms with E-state index >= 15 is 0 Å². The van der Waals surface area contributed by atoms with E-state index in [4.69, 9.17) is 4.55 Å². The van der Waals surface area contributed by atoms with Crippen LogP contribution in [0.15, 0.2) is 28.4 Å². The van der Waals surface area contributed by atoms with Crippen LogP contribution in [0.1, 0.15) is 0 Å². The van der Waals surface area contributed by atoms with Gasteiger partial charge in [-0.1, -0.05) is 11.3 Å². The summed E-state index contributed by atoms with van der Waals surface area (Å²) in [6, 6.07) is 5.00. The summed E-state index contributed by atoms with van der Waals surface area (Å²) in [5.41, 5.74) is 1.12. The minimum absolute atomic E-state index is 0.00930. The number of azo groups is 1. The molecule has 0 aliphatic rings. The third kappa shape index (κ3) is 5.62. The van der Waals surface area contributed by atoms with Gasteiger partial charge in [0.15, 0.2) is 0 Å². The second kappa shape index (κ2) is 7.72. The Bertz CT molecular complexity index is 865. The molecule has 1 aromatic carbocycles. The molecule has 0 fully saturated rings. The van der Waals surface area contributed by atoms with Gasteiger partial charge in [0.05, 0.1) is 5.75 Å². The van der Waals surface area contributed by atoms with Crippen LogP contribution in [0.25, 0.3) is 0 Å². The van der Waals surface area contributed by atoms with Crippen molar-refractivity contribution in [3.63, 3.8) is 0 Å². The van der Waals surface area contributed by atoms with Gasteiger partial charge in [-0.15, -0.1) is 20.4 Å². The van der Waals surface area contributed by atoms with Crippen LogP contribution in [0, 0.1) is 0 Å². The van der Waals surface area contributed by atoms with Crippen LogP contribution >= 0.6 is 11.3 Å². The number of nitrogens with zero attached hydrogens (tertiary/aromatic N) is 6. The molecule has 2 N–H and O–H groups in total. The van der Waals surface area contributed by atoms with Crippen LogP contribution in [-0.2, 0) is 10.1 Å². The SMILES string of the molecule is CN(C)c1ccc(N=Nc2nnc(N(C)CCS(=O)(=O)O)s2)c(O)c1. The van der Waals surface area contributed by atoms with E-state index < -0.39 is 15.9 Å². The van der Waals surface area contributed by atoms with Crippen LogP contribution in [0.3, 0.4) is 0 Å². The highest BCUT2D eigenvalue weighted by molar-refractivity contribution is 7.85. The smallest absolute Gasteiger partial charge is 0.266 e. The standard InChI is InChI=1S/C13H18N6O4S2/c1-18(2)9-4-5-10(11(20)8-9)14-15-12-16-17-13(24-12)19(3)6-7-25(21,22)23/h4-5,8,20H,6-7H2,1-3H3,(H,21,22,23). The molecule has 0 amide bonds. The Morgan fingerprint density at radius 2 is 1.92 bits per heavy atom. The Hall–Kier alpha value is -2.31. The zero-order chi connectivity index (χ0) is 18.6. The molecule has 1 heterocycles. The Kier molecular flexibility index (Phi) is 5.87. The third-order valence-electron chi connectivity index (χ3n) is 3.13. The average Bonchev–Trinajstić information content (AvgIpc) is 2.99. The molecule has 0 saturated carbocycles. The Labute approximate surface area is 149 Å². The number of aromatic hydroxyl groups is 1. The molecule has 0 radical (unpaired) electrons. The number of aromatic nitrogens is 2. The van der Waals surface area contributed by atoms with Crippen molar-refractivity contribution in [2.45, 2.75) is 0 Å². The molecule has 0 atom stereocenters. The maximum atomic E-state index is 10.8. The van der Waals surface area contributed by atoms with Crippen molar-refractivity contribution in [2.75, 3.05) is 43.2 Å². The lowest BCUT2D eigenvalue weighted by atomic mass is 10.2. The fourth-order valence-electron chi connectivity index (χ4n) is 1.72. The normalized spacial score (nSPS) is 11.8. The van der Waals surface area contributed by atoms with Crippen molar-refractivity contribution >= 4 is 43.1 Å². The van der Waals surface area contributed by atoms with Crippen molar-refractivity contribution in [1.29, 1.82) is 0 Å². The zero-order valence-electron chi connectivity index (χ0n) is 13.9. The van der Waals surface area contributed by atoms with Crippen LogP contribution < -0.4 is 9.80 Å². The maximum absolute atomic E-state index is 10.8. The van der Waals surface area contributed by atoms with Gasteiger partial charge in [-0.3, -0.25) is 4.55 Å². The summed E-state index contributed by atoms with van der Waals surface area (Å²) >= 11 is 1.10. The van der Waals surface area contributed by atoms with Gasteiger partial charge in [0, 0.05) is 39.4 Å². The predicted molar refractivity (Wildman–Crippen MR) is 96.2 cm³/mol. The molecule has 0 spiro atoms. The highest BCUT2D eigenvalue weighted by atomic mass is 32.2. The topological polar surface area (TPSA) is 132 Å². The molecule has 0 saturated heterocycles. The first kappa shape index (κ1) is 19.0. The van der Waals surface area contributed by atoms with Crippen molar-refractivity contribution in [1.82, 2.24) is 10.2 Å². The molecule has 25 heavy (non-hydrogen) atoms. The first-order valence-corrected chi connectivity index (χ1v) is 9.50. The van der Waals surface area contributed by atoms with Crippen molar-refractivity contribution < 1.29 is 18.1 Å². The first-order chi connectivity index (χ1) is 11.7. The Morgan fingerprint density at radius 3 is 2.52 bits per heavy atom. The minimum atomic E-state index is -4.04. The van der Waals surface area contributed by atoms with Gasteiger partial charge < -0.3 is 14.9 Å². The van der Waals surface area contributed by atoms with E-state index in [0.717, 1.165) is 17.0 Å². The Balaban J connectivity index is 2.06. The molecule has 0 unspecified atom stereocenters. The number of benzene rings is 1.